The first-order chi connectivity index (χ1) is 62.5. The molecule has 41 heteroatoms. The molecule has 1 atom stereocenters. The highest BCUT2D eigenvalue weighted by Gasteiger charge is 2.29. The molecule has 1 unspecified atom stereocenters. The Labute approximate surface area is 753 Å². The molecule has 0 aliphatic carbocycles. The van der Waals surface area contributed by atoms with Crippen LogP contribution in [0.25, 0.3) is 73.1 Å². The van der Waals surface area contributed by atoms with Gasteiger partial charge in [-0.15, -0.1) is 0 Å². The number of hydrazine groups is 1. The number of amides is 8. The minimum absolute atomic E-state index is 0.0156. The fourth-order valence-corrected chi connectivity index (χ4v) is 13.4. The summed E-state index contributed by atoms with van der Waals surface area (Å²) in [6.45, 7) is 12.3. The molecule has 0 fully saturated rings. The van der Waals surface area contributed by atoms with E-state index in [1.165, 1.54) is 91.3 Å². The molecule has 1 aliphatic heterocycles. The maximum atomic E-state index is 14.5. The third-order valence-corrected chi connectivity index (χ3v) is 20.1. The summed E-state index contributed by atoms with van der Waals surface area (Å²) < 4.78 is 90.1. The molecular formula is C89H79Cl3F6N28O4. The van der Waals surface area contributed by atoms with Crippen LogP contribution >= 0.6 is 34.8 Å². The third kappa shape index (κ3) is 23.5. The Morgan fingerprint density at radius 1 is 0.385 bits per heavy atom. The molecule has 0 bridgehead atoms. The Morgan fingerprint density at radius 2 is 0.777 bits per heavy atom. The standard InChI is InChI=1S/C23H22FN7O.C22H20Cl2FN7O.C22H18ClF2N7O.C22H19F2N7O/c1-3-31-13-17(21(30-31)19-9-10-26-22(25)28-19)15-7-8-18(24)20(12-15)29-23(32)27-16-6-4-5-14(2)11-16;1-2-32-11-14(20(31-32)18-7-8-27-21(26)29-18)12-3-6-17(25)19(9-12)30-22(33)28-13-4-5-15(23)16(24)10-13;1-2-32-11-14(20(31-32)18-7-8-27-21(26)28-18)12-3-5-15(24)19(9-12)30-22(33)29-17-6-4-13(23)10-16(17)25;1-2-31-12-16(20(30-31)18-9-10-26-21(25)28-18)13-3-8-17(24)19(11-13)29-22(32)27-15-6-4-14(23)5-7-15/h4-13H,3H2,1-2H3,(H2,25,26,28)(H2,27,29,32);3-11,20,31H,2H2,1H3,(H2,26,27,29)(H2,28,30,33);3-11H,2H2,1H3,(H2,26,27,28)(H2,29,30,33);3-12H,2H2,1H3,(H2,25,26,28)(H2,27,29,32). The van der Waals surface area contributed by atoms with Crippen molar-refractivity contribution < 1.29 is 45.5 Å². The maximum absolute atomic E-state index is 14.5. The van der Waals surface area contributed by atoms with Gasteiger partial charge in [-0.05, 0) is 208 Å². The molecule has 15 aromatic rings. The number of carbonyl (C=O) groups is 4. The Morgan fingerprint density at radius 3 is 1.18 bits per heavy atom. The first kappa shape index (κ1) is 91.6. The number of urea groups is 4. The van der Waals surface area contributed by atoms with E-state index in [2.05, 4.69) is 103 Å². The number of anilines is 12. The van der Waals surface area contributed by atoms with Crippen molar-refractivity contribution in [2.75, 3.05) is 72.0 Å². The summed E-state index contributed by atoms with van der Waals surface area (Å²) in [4.78, 5) is 82.2. The fourth-order valence-electron chi connectivity index (χ4n) is 12.9. The Kier molecular flexibility index (Phi) is 29.5. The van der Waals surface area contributed by atoms with E-state index in [9.17, 15) is 45.5 Å². The summed E-state index contributed by atoms with van der Waals surface area (Å²) >= 11 is 17.6. The summed E-state index contributed by atoms with van der Waals surface area (Å²) in [6, 6.07) is 42.4. The lowest BCUT2D eigenvalue weighted by atomic mass is 9.97. The first-order valence-electron chi connectivity index (χ1n) is 39.6. The topological polar surface area (TPSA) is 440 Å². The molecule has 8 aromatic carbocycles. The first-order valence-corrected chi connectivity index (χ1v) is 40.7. The van der Waals surface area contributed by atoms with Crippen LogP contribution in [-0.2, 0) is 19.6 Å². The van der Waals surface area contributed by atoms with Gasteiger partial charge in [0.2, 0.25) is 23.8 Å². The lowest BCUT2D eigenvalue weighted by Gasteiger charge is -2.19. The van der Waals surface area contributed by atoms with Crippen molar-refractivity contribution in [3.05, 3.63) is 298 Å². The monoisotopic (exact) mass is 1820 g/mol. The number of aromatic nitrogens is 14. The minimum Gasteiger partial charge on any atom is -0.368 e. The van der Waals surface area contributed by atoms with Crippen molar-refractivity contribution in [2.45, 2.75) is 60.3 Å². The van der Waals surface area contributed by atoms with Crippen LogP contribution in [0.4, 0.5) is 115 Å². The van der Waals surface area contributed by atoms with Crippen LogP contribution < -0.4 is 70.9 Å². The van der Waals surface area contributed by atoms with E-state index >= 15 is 0 Å². The normalized spacial score (nSPS) is 11.9. The number of halogens is 9. The summed E-state index contributed by atoms with van der Waals surface area (Å²) in [5.41, 5.74) is 37.9. The van der Waals surface area contributed by atoms with Gasteiger partial charge in [0.25, 0.3) is 0 Å². The molecule has 0 spiro atoms. The zero-order valence-electron chi connectivity index (χ0n) is 69.4. The van der Waals surface area contributed by atoms with Gasteiger partial charge < -0.3 is 70.5 Å². The van der Waals surface area contributed by atoms with Gasteiger partial charge in [-0.25, -0.2) is 90.8 Å². The Bertz CT molecular complexity index is 6730. The molecular weight excluding hydrogens is 1750 g/mol. The van der Waals surface area contributed by atoms with Crippen molar-refractivity contribution in [2.24, 2.45) is 0 Å². The van der Waals surface area contributed by atoms with Crippen molar-refractivity contribution in [1.29, 1.82) is 0 Å². The van der Waals surface area contributed by atoms with E-state index in [-0.39, 0.29) is 63.3 Å². The highest BCUT2D eigenvalue weighted by molar-refractivity contribution is 6.42. The van der Waals surface area contributed by atoms with E-state index in [0.717, 1.165) is 22.8 Å². The van der Waals surface area contributed by atoms with Crippen molar-refractivity contribution in [3.8, 4) is 67.5 Å². The largest absolute Gasteiger partial charge is 0.368 e. The fraction of sp³-hybridized carbons (Fsp3) is 0.112. The van der Waals surface area contributed by atoms with Crippen LogP contribution in [0.3, 0.4) is 0 Å². The van der Waals surface area contributed by atoms with E-state index < -0.39 is 59.0 Å². The van der Waals surface area contributed by atoms with E-state index in [1.54, 1.807) is 111 Å². The van der Waals surface area contributed by atoms with E-state index in [0.29, 0.717) is 127 Å². The molecule has 16 rings (SSSR count). The number of rotatable bonds is 20. The SMILES string of the molecule is CCN1C=C(c2ccc(F)c(NC(=O)Nc3ccc(Cl)c(Cl)c3)c2)C(c2ccnc(N)n2)N1.CCn1cc(-c2ccc(F)c(NC(=O)Nc3ccc(Cl)cc3F)c2)c(-c2ccnc(N)n2)n1.CCn1cc(-c2ccc(F)c(NC(=O)Nc3ccc(F)cc3)c2)c(-c2ccnc(N)n2)n1.CCn1cc(-c2ccc(F)c(NC(=O)Nc3cccc(C)c3)c2)c(-c2ccnc(N)n2)n1. The summed E-state index contributed by atoms with van der Waals surface area (Å²) in [6.07, 6.45) is 13.5. The van der Waals surface area contributed by atoms with Crippen molar-refractivity contribution in [3.63, 3.8) is 0 Å². The van der Waals surface area contributed by atoms with Gasteiger partial charge in [0.05, 0.1) is 67.3 Å². The Balaban J connectivity index is 0.000000148. The molecule has 1 aliphatic rings. The number of nitrogen functional groups attached to an aromatic ring is 4. The van der Waals surface area contributed by atoms with Crippen LogP contribution in [0.1, 0.15) is 50.6 Å². The molecule has 7 aromatic heterocycles. The number of hydrogen-bond donors (Lipinski definition) is 13. The molecule has 8 heterocycles. The van der Waals surface area contributed by atoms with Crippen molar-refractivity contribution in [1.82, 2.24) is 79.6 Å². The zero-order valence-corrected chi connectivity index (χ0v) is 71.7. The predicted molar refractivity (Wildman–Crippen MR) is 491 cm³/mol. The van der Waals surface area contributed by atoms with Crippen LogP contribution in [0, 0.1) is 41.8 Å². The summed E-state index contributed by atoms with van der Waals surface area (Å²) in [7, 11) is 0. The van der Waals surface area contributed by atoms with Crippen LogP contribution in [0.5, 0.6) is 0 Å². The Hall–Kier alpha value is -16.1. The molecule has 0 radical (unpaired) electrons. The van der Waals surface area contributed by atoms with Gasteiger partial charge in [-0.2, -0.15) is 15.3 Å². The van der Waals surface area contributed by atoms with E-state index in [4.69, 9.17) is 57.7 Å². The van der Waals surface area contributed by atoms with Gasteiger partial charge in [-0.3, -0.25) is 14.0 Å². The minimum atomic E-state index is -0.819. The second-order valence-corrected chi connectivity index (χ2v) is 29.4. The maximum Gasteiger partial charge on any atom is 0.323 e. The molecule has 130 heavy (non-hydrogen) atoms. The molecule has 0 saturated heterocycles. The zero-order chi connectivity index (χ0) is 92.4. The number of nitrogens with two attached hydrogens (primary N) is 4. The second-order valence-electron chi connectivity index (χ2n) is 28.1. The average molecular weight is 1830 g/mol. The van der Waals surface area contributed by atoms with Crippen LogP contribution in [-0.4, -0.2) is 105 Å². The predicted octanol–water partition coefficient (Wildman–Crippen LogP) is 19.5. The average Bonchev–Trinajstić information content (AvgIpc) is 1.65. The molecule has 17 N–H and O–H groups in total. The number of aryl methyl sites for hydroxylation is 4. The molecule has 32 nitrogen and oxygen atoms in total. The lowest BCUT2D eigenvalue weighted by Crippen LogP contribution is -2.31. The number of nitrogens with zero attached hydrogens (tertiary/aromatic N) is 15. The van der Waals surface area contributed by atoms with Crippen molar-refractivity contribution >= 4 is 134 Å². The highest BCUT2D eigenvalue weighted by Crippen LogP contribution is 2.40. The van der Waals surface area contributed by atoms with Gasteiger partial charge in [0.15, 0.2) is 0 Å². The smallest absolute Gasteiger partial charge is 0.323 e. The number of benzene rings is 8. The van der Waals surface area contributed by atoms with Crippen LogP contribution in [0.15, 0.2) is 232 Å². The van der Waals surface area contributed by atoms with Gasteiger partial charge in [-0.1, -0.05) is 71.2 Å². The summed E-state index contributed by atoms with van der Waals surface area (Å²) in [5.74, 6) is -3.06. The second kappa shape index (κ2) is 41.8. The number of nitrogens with one attached hydrogen (secondary N) is 9. The van der Waals surface area contributed by atoms with Gasteiger partial charge in [0.1, 0.15) is 52.0 Å². The molecule has 662 valence electrons. The quantitative estimate of drug-likeness (QED) is 0.0315. The third-order valence-electron chi connectivity index (χ3n) is 19.1. The van der Waals surface area contributed by atoms with E-state index in [1.807, 2.05) is 76.4 Å². The lowest BCUT2D eigenvalue weighted by molar-refractivity contribution is 0.261. The number of hydrogen-bond acceptors (Lipinski definition) is 21. The number of carbonyl (C=O) groups excluding carboxylic acids is 4. The summed E-state index contributed by atoms with van der Waals surface area (Å²) in [5, 5.41) is 36.5. The van der Waals surface area contributed by atoms with Crippen LogP contribution in [0.2, 0.25) is 15.1 Å². The van der Waals surface area contributed by atoms with Gasteiger partial charge >= 0.3 is 24.1 Å². The van der Waals surface area contributed by atoms with Gasteiger partial charge in [0, 0.05) is 120 Å². The molecule has 8 amide bonds. The molecule has 0 saturated carbocycles. The highest BCUT2D eigenvalue weighted by atomic mass is 35.5.